The maximum Gasteiger partial charge on any atom is 0.254 e. The van der Waals surface area contributed by atoms with Gasteiger partial charge in [-0.25, -0.2) is 0 Å². The summed E-state index contributed by atoms with van der Waals surface area (Å²) < 4.78 is 0. The third kappa shape index (κ3) is 3.32. The quantitative estimate of drug-likeness (QED) is 0.851. The van der Waals surface area contributed by atoms with Gasteiger partial charge in [0.05, 0.1) is 18.2 Å². The van der Waals surface area contributed by atoms with Crippen LogP contribution in [0.2, 0.25) is 0 Å². The zero-order valence-corrected chi connectivity index (χ0v) is 10.4. The second kappa shape index (κ2) is 6.40. The van der Waals surface area contributed by atoms with Gasteiger partial charge in [-0.05, 0) is 25.1 Å². The van der Waals surface area contributed by atoms with Crippen molar-refractivity contribution in [1.82, 2.24) is 10.2 Å². The van der Waals surface area contributed by atoms with Gasteiger partial charge in [0.2, 0.25) is 5.91 Å². The highest BCUT2D eigenvalue weighted by atomic mass is 16.2. The first-order valence-corrected chi connectivity index (χ1v) is 5.62. The summed E-state index contributed by atoms with van der Waals surface area (Å²) >= 11 is 0. The van der Waals surface area contributed by atoms with Gasteiger partial charge in [0.15, 0.2) is 0 Å². The fourth-order valence-corrected chi connectivity index (χ4v) is 1.48. The predicted molar refractivity (Wildman–Crippen MR) is 66.8 cm³/mol. The van der Waals surface area contributed by atoms with Crippen LogP contribution in [0.15, 0.2) is 24.3 Å². The summed E-state index contributed by atoms with van der Waals surface area (Å²) in [6.45, 7) is 2.25. The molecule has 0 spiro atoms. The Balaban J connectivity index is 2.89. The Morgan fingerprint density at radius 2 is 2.17 bits per heavy atom. The first-order chi connectivity index (χ1) is 8.62. The first kappa shape index (κ1) is 13.7. The summed E-state index contributed by atoms with van der Waals surface area (Å²) in [7, 11) is 1.52. The maximum atomic E-state index is 12.1. The average molecular weight is 245 g/mol. The fraction of sp³-hybridized carbons (Fsp3) is 0.308. The van der Waals surface area contributed by atoms with E-state index >= 15 is 0 Å². The lowest BCUT2D eigenvalue weighted by molar-refractivity contribution is -0.121. The van der Waals surface area contributed by atoms with Crippen LogP contribution in [0.25, 0.3) is 0 Å². The molecule has 0 atom stereocenters. The van der Waals surface area contributed by atoms with E-state index in [1.807, 2.05) is 6.07 Å². The van der Waals surface area contributed by atoms with Crippen LogP contribution in [0.4, 0.5) is 0 Å². The maximum absolute atomic E-state index is 12.1. The Morgan fingerprint density at radius 1 is 1.44 bits per heavy atom. The number of nitrogens with zero attached hydrogens (tertiary/aromatic N) is 2. The van der Waals surface area contributed by atoms with Gasteiger partial charge in [-0.1, -0.05) is 6.07 Å². The number of carbonyl (C=O) groups is 2. The Hall–Kier alpha value is -2.35. The average Bonchev–Trinajstić information content (AvgIpc) is 2.43. The van der Waals surface area contributed by atoms with E-state index in [1.54, 1.807) is 25.1 Å². The van der Waals surface area contributed by atoms with Gasteiger partial charge in [-0.2, -0.15) is 5.26 Å². The molecule has 0 aliphatic carbocycles. The second-order valence-corrected chi connectivity index (χ2v) is 3.69. The molecule has 0 aromatic heterocycles. The molecular weight excluding hydrogens is 230 g/mol. The van der Waals surface area contributed by atoms with Crippen molar-refractivity contribution in [2.75, 3.05) is 20.1 Å². The number of likely N-dealkylation sites (N-methyl/N-ethyl adjacent to an activating group) is 2. The Labute approximate surface area is 106 Å². The van der Waals surface area contributed by atoms with Crippen molar-refractivity contribution in [2.45, 2.75) is 6.92 Å². The lowest BCUT2D eigenvalue weighted by Gasteiger charge is -2.19. The highest BCUT2D eigenvalue weighted by Gasteiger charge is 2.16. The molecule has 94 valence electrons. The van der Waals surface area contributed by atoms with Crippen molar-refractivity contribution in [3.05, 3.63) is 35.4 Å². The summed E-state index contributed by atoms with van der Waals surface area (Å²) in [4.78, 5) is 24.8. The van der Waals surface area contributed by atoms with Gasteiger partial charge < -0.3 is 10.2 Å². The molecule has 0 saturated heterocycles. The Bertz CT molecular complexity index is 491. The van der Waals surface area contributed by atoms with E-state index in [9.17, 15) is 9.59 Å². The van der Waals surface area contributed by atoms with Gasteiger partial charge in [-0.15, -0.1) is 0 Å². The van der Waals surface area contributed by atoms with Gasteiger partial charge in [0.1, 0.15) is 0 Å². The summed E-state index contributed by atoms with van der Waals surface area (Å²) in [5, 5.41) is 11.3. The van der Waals surface area contributed by atoms with Crippen LogP contribution in [0.3, 0.4) is 0 Å². The molecule has 1 N–H and O–H groups in total. The summed E-state index contributed by atoms with van der Waals surface area (Å²) in [5.41, 5.74) is 0.844. The van der Waals surface area contributed by atoms with Crippen molar-refractivity contribution in [3.63, 3.8) is 0 Å². The van der Waals surface area contributed by atoms with Gasteiger partial charge in [0.25, 0.3) is 5.91 Å². The van der Waals surface area contributed by atoms with E-state index in [0.717, 1.165) is 0 Å². The van der Waals surface area contributed by atoms with Gasteiger partial charge in [-0.3, -0.25) is 9.59 Å². The number of nitriles is 1. The van der Waals surface area contributed by atoms with E-state index in [0.29, 0.717) is 17.7 Å². The van der Waals surface area contributed by atoms with Gasteiger partial charge in [0, 0.05) is 19.2 Å². The molecule has 0 aliphatic rings. The fourth-order valence-electron chi connectivity index (χ4n) is 1.48. The lowest BCUT2D eigenvalue weighted by Crippen LogP contribution is -2.39. The Morgan fingerprint density at radius 3 is 2.72 bits per heavy atom. The van der Waals surface area contributed by atoms with Crippen LogP contribution in [0.5, 0.6) is 0 Å². The van der Waals surface area contributed by atoms with Crippen LogP contribution in [0, 0.1) is 11.3 Å². The molecule has 0 aliphatic heterocycles. The minimum absolute atomic E-state index is 0.0165. The number of hydrogen-bond acceptors (Lipinski definition) is 3. The van der Waals surface area contributed by atoms with E-state index in [1.165, 1.54) is 18.0 Å². The van der Waals surface area contributed by atoms with Crippen LogP contribution in [-0.2, 0) is 4.79 Å². The van der Waals surface area contributed by atoms with Gasteiger partial charge >= 0.3 is 0 Å². The normalized spacial score (nSPS) is 9.39. The molecule has 5 heteroatoms. The molecule has 2 amide bonds. The van der Waals surface area contributed by atoms with Crippen LogP contribution < -0.4 is 5.32 Å². The number of carbonyl (C=O) groups excluding carboxylic acids is 2. The highest BCUT2D eigenvalue weighted by Crippen LogP contribution is 2.07. The van der Waals surface area contributed by atoms with Crippen LogP contribution in [-0.4, -0.2) is 36.9 Å². The standard InChI is InChI=1S/C13H15N3O2/c1-3-16(9-12(17)15-2)13(18)11-6-4-5-10(7-11)8-14/h4-7H,3,9H2,1-2H3,(H,15,17). The monoisotopic (exact) mass is 245 g/mol. The summed E-state index contributed by atoms with van der Waals surface area (Å²) in [6.07, 6.45) is 0. The van der Waals surface area contributed by atoms with Crippen LogP contribution >= 0.6 is 0 Å². The zero-order chi connectivity index (χ0) is 13.5. The second-order valence-electron chi connectivity index (χ2n) is 3.69. The van der Waals surface area contributed by atoms with Crippen molar-refractivity contribution < 1.29 is 9.59 Å². The minimum Gasteiger partial charge on any atom is -0.358 e. The number of benzene rings is 1. The van der Waals surface area contributed by atoms with Crippen molar-refractivity contribution in [1.29, 1.82) is 5.26 Å². The van der Waals surface area contributed by atoms with Crippen molar-refractivity contribution >= 4 is 11.8 Å². The van der Waals surface area contributed by atoms with Crippen LogP contribution in [0.1, 0.15) is 22.8 Å². The largest absolute Gasteiger partial charge is 0.358 e. The third-order valence-electron chi connectivity index (χ3n) is 2.52. The number of amides is 2. The molecule has 0 unspecified atom stereocenters. The molecule has 0 saturated carbocycles. The SMILES string of the molecule is CCN(CC(=O)NC)C(=O)c1cccc(C#N)c1. The molecule has 0 fully saturated rings. The first-order valence-electron chi connectivity index (χ1n) is 5.62. The number of rotatable bonds is 4. The third-order valence-corrected chi connectivity index (χ3v) is 2.52. The summed E-state index contributed by atoms with van der Waals surface area (Å²) in [5.74, 6) is -0.472. The lowest BCUT2D eigenvalue weighted by atomic mass is 10.1. The molecular formula is C13H15N3O2. The smallest absolute Gasteiger partial charge is 0.254 e. The van der Waals surface area contributed by atoms with E-state index in [4.69, 9.17) is 5.26 Å². The molecule has 1 rings (SSSR count). The van der Waals surface area contributed by atoms with E-state index < -0.39 is 0 Å². The zero-order valence-electron chi connectivity index (χ0n) is 10.4. The summed E-state index contributed by atoms with van der Waals surface area (Å²) in [6, 6.07) is 8.42. The van der Waals surface area contributed by atoms with Crippen molar-refractivity contribution in [3.8, 4) is 6.07 Å². The van der Waals surface area contributed by atoms with E-state index in [2.05, 4.69) is 5.32 Å². The molecule has 0 bridgehead atoms. The molecule has 1 aromatic rings. The molecule has 0 radical (unpaired) electrons. The minimum atomic E-state index is -0.252. The number of hydrogen-bond donors (Lipinski definition) is 1. The predicted octanol–water partition coefficient (Wildman–Crippen LogP) is 0.766. The molecule has 18 heavy (non-hydrogen) atoms. The topological polar surface area (TPSA) is 73.2 Å². The van der Waals surface area contributed by atoms with Crippen molar-refractivity contribution in [2.24, 2.45) is 0 Å². The molecule has 5 nitrogen and oxygen atoms in total. The Kier molecular flexibility index (Phi) is 4.88. The van der Waals surface area contributed by atoms with E-state index in [-0.39, 0.29) is 18.4 Å². The highest BCUT2D eigenvalue weighted by molar-refractivity contribution is 5.96. The number of nitrogens with one attached hydrogen (secondary N) is 1. The molecule has 1 aromatic carbocycles. The molecule has 0 heterocycles.